The van der Waals surface area contributed by atoms with Crippen LogP contribution in [-0.4, -0.2) is 40.2 Å². The van der Waals surface area contributed by atoms with Crippen molar-refractivity contribution in [1.29, 1.82) is 0 Å². The third kappa shape index (κ3) is 3.45. The van der Waals surface area contributed by atoms with Crippen LogP contribution in [0.2, 0.25) is 0 Å². The average molecular weight is 357 g/mol. The summed E-state index contributed by atoms with van der Waals surface area (Å²) in [5.41, 5.74) is 2.84. The molecule has 0 radical (unpaired) electrons. The van der Waals surface area contributed by atoms with Crippen molar-refractivity contribution < 1.29 is 13.9 Å². The molecule has 0 saturated carbocycles. The Morgan fingerprint density at radius 2 is 1.96 bits per heavy atom. The number of fused-ring (bicyclic) bond motifs is 1. The maximum Gasteiger partial charge on any atom is 0.274 e. The molecule has 2 heterocycles. The molecule has 26 heavy (non-hydrogen) atoms. The summed E-state index contributed by atoms with van der Waals surface area (Å²) in [5, 5.41) is 7.38. The van der Waals surface area contributed by atoms with E-state index in [4.69, 9.17) is 4.74 Å². The number of aryl methyl sites for hydroxylation is 1. The van der Waals surface area contributed by atoms with Gasteiger partial charge in [-0.2, -0.15) is 5.10 Å². The third-order valence-electron chi connectivity index (χ3n) is 5.44. The van der Waals surface area contributed by atoms with Crippen LogP contribution < -0.4 is 4.74 Å². The lowest BCUT2D eigenvalue weighted by Gasteiger charge is -2.32. The van der Waals surface area contributed by atoms with Gasteiger partial charge in [0.15, 0.2) is 5.69 Å². The number of piperidine rings is 1. The summed E-state index contributed by atoms with van der Waals surface area (Å²) in [7, 11) is 0. The van der Waals surface area contributed by atoms with Gasteiger partial charge in [-0.1, -0.05) is 6.92 Å². The number of aromatic nitrogens is 2. The van der Waals surface area contributed by atoms with Gasteiger partial charge >= 0.3 is 0 Å². The molecule has 1 aliphatic heterocycles. The number of likely N-dealkylation sites (tertiary alicyclic amines) is 1. The molecule has 138 valence electrons. The van der Waals surface area contributed by atoms with Crippen molar-refractivity contribution in [3.63, 3.8) is 0 Å². The average Bonchev–Trinajstić information content (AvgIpc) is 3.06. The number of halogens is 1. The number of hydrogen-bond donors (Lipinski definition) is 1. The van der Waals surface area contributed by atoms with Gasteiger partial charge in [0.25, 0.3) is 5.91 Å². The number of amides is 1. The van der Waals surface area contributed by atoms with Crippen LogP contribution in [-0.2, 0) is 12.8 Å². The standard InChI is InChI=1S/C20H24FN3O2/c1-13-2-7-18-17(12-13)19(23-22-18)20(25)24-10-8-16(9-11-24)26-15-5-3-14(21)4-6-15/h3-6,13,16H,2,7-12H2,1H3,(H,22,23)/t13-/m1/s1. The van der Waals surface area contributed by atoms with E-state index in [1.807, 2.05) is 4.90 Å². The maximum absolute atomic E-state index is 13.0. The molecule has 2 aromatic rings. The summed E-state index contributed by atoms with van der Waals surface area (Å²) >= 11 is 0. The third-order valence-corrected chi connectivity index (χ3v) is 5.44. The first-order chi connectivity index (χ1) is 12.6. The van der Waals surface area contributed by atoms with Crippen LogP contribution >= 0.6 is 0 Å². The summed E-state index contributed by atoms with van der Waals surface area (Å²) in [6.45, 7) is 3.53. The van der Waals surface area contributed by atoms with Crippen LogP contribution in [0.25, 0.3) is 0 Å². The van der Waals surface area contributed by atoms with Crippen LogP contribution in [0.4, 0.5) is 4.39 Å². The molecular weight excluding hydrogens is 333 g/mol. The van der Waals surface area contributed by atoms with Gasteiger partial charge in [0.1, 0.15) is 17.7 Å². The number of carbonyl (C=O) groups is 1. The highest BCUT2D eigenvalue weighted by Gasteiger charge is 2.30. The lowest BCUT2D eigenvalue weighted by Crippen LogP contribution is -2.42. The summed E-state index contributed by atoms with van der Waals surface area (Å²) in [5.74, 6) is 1.03. The number of nitrogens with zero attached hydrogens (tertiary/aromatic N) is 2. The van der Waals surface area contributed by atoms with Crippen molar-refractivity contribution >= 4 is 5.91 Å². The number of aromatic amines is 1. The minimum absolute atomic E-state index is 0.0248. The number of rotatable bonds is 3. The van der Waals surface area contributed by atoms with Crippen molar-refractivity contribution in [2.45, 2.75) is 45.1 Å². The first-order valence-corrected chi connectivity index (χ1v) is 9.38. The largest absolute Gasteiger partial charge is 0.490 e. The summed E-state index contributed by atoms with van der Waals surface area (Å²) in [6, 6.07) is 6.08. The Labute approximate surface area is 152 Å². The van der Waals surface area contributed by atoms with Gasteiger partial charge in [-0.15, -0.1) is 0 Å². The van der Waals surface area contributed by atoms with E-state index in [9.17, 15) is 9.18 Å². The Morgan fingerprint density at radius 3 is 2.69 bits per heavy atom. The second-order valence-electron chi connectivity index (χ2n) is 7.44. The molecule has 1 aliphatic carbocycles. The van der Waals surface area contributed by atoms with Crippen LogP contribution in [0.3, 0.4) is 0 Å². The molecule has 2 aliphatic rings. The lowest BCUT2D eigenvalue weighted by molar-refractivity contribution is 0.0588. The van der Waals surface area contributed by atoms with E-state index in [1.54, 1.807) is 12.1 Å². The van der Waals surface area contributed by atoms with Gasteiger partial charge in [-0.05, 0) is 49.4 Å². The van der Waals surface area contributed by atoms with Gasteiger partial charge in [-0.25, -0.2) is 4.39 Å². The molecule has 0 bridgehead atoms. The predicted molar refractivity (Wildman–Crippen MR) is 95.7 cm³/mol. The van der Waals surface area contributed by atoms with Crippen molar-refractivity contribution in [3.05, 3.63) is 47.0 Å². The van der Waals surface area contributed by atoms with E-state index in [0.29, 0.717) is 30.5 Å². The van der Waals surface area contributed by atoms with Gasteiger partial charge in [0.05, 0.1) is 0 Å². The van der Waals surface area contributed by atoms with Crippen molar-refractivity contribution in [3.8, 4) is 5.75 Å². The fourth-order valence-electron chi connectivity index (χ4n) is 3.88. The smallest absolute Gasteiger partial charge is 0.274 e. The molecular formula is C20H24FN3O2. The number of H-pyrrole nitrogens is 1. The zero-order chi connectivity index (χ0) is 18.1. The number of nitrogens with one attached hydrogen (secondary N) is 1. The minimum Gasteiger partial charge on any atom is -0.490 e. The highest BCUT2D eigenvalue weighted by atomic mass is 19.1. The van der Waals surface area contributed by atoms with Gasteiger partial charge in [0, 0.05) is 37.2 Å². The van der Waals surface area contributed by atoms with E-state index in [1.165, 1.54) is 12.1 Å². The number of hydrogen-bond acceptors (Lipinski definition) is 3. The van der Waals surface area contributed by atoms with E-state index in [2.05, 4.69) is 17.1 Å². The second kappa shape index (κ2) is 7.09. The Balaban J connectivity index is 1.37. The number of carbonyl (C=O) groups excluding carboxylic acids is 1. The highest BCUT2D eigenvalue weighted by Crippen LogP contribution is 2.28. The van der Waals surface area contributed by atoms with Crippen LogP contribution in [0.15, 0.2) is 24.3 Å². The lowest BCUT2D eigenvalue weighted by atomic mass is 9.87. The first kappa shape index (κ1) is 17.1. The Hall–Kier alpha value is -2.37. The molecule has 1 aromatic carbocycles. The molecule has 1 fully saturated rings. The molecule has 1 atom stereocenters. The molecule has 5 nitrogen and oxygen atoms in total. The molecule has 1 N–H and O–H groups in total. The molecule has 1 amide bonds. The van der Waals surface area contributed by atoms with Gasteiger partial charge in [-0.3, -0.25) is 9.89 Å². The van der Waals surface area contributed by atoms with Crippen molar-refractivity contribution in [2.24, 2.45) is 5.92 Å². The second-order valence-corrected chi connectivity index (χ2v) is 7.44. The summed E-state index contributed by atoms with van der Waals surface area (Å²) in [6.07, 6.45) is 4.65. The quantitative estimate of drug-likeness (QED) is 0.916. The van der Waals surface area contributed by atoms with Crippen LogP contribution in [0, 0.1) is 11.7 Å². The molecule has 4 rings (SSSR count). The fourth-order valence-corrected chi connectivity index (χ4v) is 3.88. The highest BCUT2D eigenvalue weighted by molar-refractivity contribution is 5.94. The summed E-state index contributed by atoms with van der Waals surface area (Å²) in [4.78, 5) is 14.8. The molecule has 1 aromatic heterocycles. The van der Waals surface area contributed by atoms with Crippen molar-refractivity contribution in [1.82, 2.24) is 15.1 Å². The van der Waals surface area contributed by atoms with E-state index < -0.39 is 0 Å². The predicted octanol–water partition coefficient (Wildman–Crippen LogP) is 3.36. The Bertz CT molecular complexity index is 779. The zero-order valence-electron chi connectivity index (χ0n) is 15.0. The monoisotopic (exact) mass is 357 g/mol. The molecule has 6 heteroatoms. The van der Waals surface area contributed by atoms with E-state index in [-0.39, 0.29) is 17.8 Å². The van der Waals surface area contributed by atoms with Gasteiger partial charge < -0.3 is 9.64 Å². The van der Waals surface area contributed by atoms with Crippen LogP contribution in [0.1, 0.15) is 47.9 Å². The van der Waals surface area contributed by atoms with Gasteiger partial charge in [0.2, 0.25) is 0 Å². The van der Waals surface area contributed by atoms with E-state index in [0.717, 1.165) is 43.4 Å². The zero-order valence-corrected chi connectivity index (χ0v) is 15.0. The first-order valence-electron chi connectivity index (χ1n) is 9.38. The topological polar surface area (TPSA) is 58.2 Å². The van der Waals surface area contributed by atoms with Crippen LogP contribution in [0.5, 0.6) is 5.75 Å². The Morgan fingerprint density at radius 1 is 1.23 bits per heavy atom. The molecule has 1 saturated heterocycles. The molecule has 0 spiro atoms. The molecule has 0 unspecified atom stereocenters. The van der Waals surface area contributed by atoms with E-state index >= 15 is 0 Å². The number of benzene rings is 1. The minimum atomic E-state index is -0.269. The normalized spacial score (nSPS) is 20.7. The Kier molecular flexibility index (Phi) is 4.66. The fraction of sp³-hybridized carbons (Fsp3) is 0.500. The SMILES string of the molecule is C[C@@H]1CCc2[nH]nc(C(=O)N3CCC(Oc4ccc(F)cc4)CC3)c2C1. The summed E-state index contributed by atoms with van der Waals surface area (Å²) < 4.78 is 18.9. The number of ether oxygens (including phenoxy) is 1. The van der Waals surface area contributed by atoms with Crippen molar-refractivity contribution in [2.75, 3.05) is 13.1 Å². The maximum atomic E-state index is 13.0.